The molecule has 3 fully saturated rings. The number of carbonyl (C=O) groups excluding carboxylic acids is 3. The third-order valence-electron chi connectivity index (χ3n) is 11.9. The van der Waals surface area contributed by atoms with E-state index in [4.69, 9.17) is 14.2 Å². The summed E-state index contributed by atoms with van der Waals surface area (Å²) in [7, 11) is 0. The van der Waals surface area contributed by atoms with E-state index in [0.29, 0.717) is 17.7 Å². The molecule has 3 aliphatic carbocycles. The van der Waals surface area contributed by atoms with Gasteiger partial charge in [-0.25, -0.2) is 9.59 Å². The average molecular weight is 658 g/mol. The van der Waals surface area contributed by atoms with Crippen LogP contribution < -0.4 is 5.32 Å². The zero-order valence-corrected chi connectivity index (χ0v) is 28.9. The first kappa shape index (κ1) is 35.5. The highest BCUT2D eigenvalue weighted by molar-refractivity contribution is 5.93. The Hall–Kier alpha value is -2.83. The van der Waals surface area contributed by atoms with Gasteiger partial charge in [-0.2, -0.15) is 0 Å². The Morgan fingerprint density at radius 3 is 2.26 bits per heavy atom. The maximum atomic E-state index is 14.4. The van der Waals surface area contributed by atoms with Gasteiger partial charge in [0.25, 0.3) is 0 Å². The van der Waals surface area contributed by atoms with Gasteiger partial charge in [-0.3, -0.25) is 4.79 Å². The lowest BCUT2D eigenvalue weighted by Gasteiger charge is -2.68. The molecule has 2 saturated carbocycles. The zero-order valence-electron chi connectivity index (χ0n) is 28.9. The third kappa shape index (κ3) is 5.42. The van der Waals surface area contributed by atoms with Crippen LogP contribution in [0.1, 0.15) is 86.8 Å². The van der Waals surface area contributed by atoms with E-state index in [9.17, 15) is 34.8 Å². The lowest BCUT2D eigenvalue weighted by Crippen LogP contribution is -2.75. The molecule has 5 N–H and O–H groups in total. The quantitative estimate of drug-likeness (QED) is 0.234. The fourth-order valence-electron chi connectivity index (χ4n) is 9.36. The summed E-state index contributed by atoms with van der Waals surface area (Å²) >= 11 is 0. The van der Waals surface area contributed by atoms with Gasteiger partial charge in [0, 0.05) is 23.7 Å². The minimum absolute atomic E-state index is 0.0877. The van der Waals surface area contributed by atoms with E-state index in [1.165, 1.54) is 0 Å². The molecule has 1 heterocycles. The molecule has 11 heteroatoms. The first-order chi connectivity index (χ1) is 21.6. The van der Waals surface area contributed by atoms with Gasteiger partial charge < -0.3 is 40.0 Å². The van der Waals surface area contributed by atoms with Crippen molar-refractivity contribution < 1.29 is 49.0 Å². The summed E-state index contributed by atoms with van der Waals surface area (Å²) < 4.78 is 17.2. The molecule has 11 nitrogen and oxygen atoms in total. The first-order valence-electron chi connectivity index (χ1n) is 16.5. The molecule has 5 rings (SSSR count). The molecular weight excluding hydrogens is 606 g/mol. The van der Waals surface area contributed by atoms with E-state index in [1.54, 1.807) is 78.8 Å². The molecular formula is C36H51NO10. The summed E-state index contributed by atoms with van der Waals surface area (Å²) in [5, 5.41) is 50.1. The van der Waals surface area contributed by atoms with Crippen molar-refractivity contribution in [3.8, 4) is 0 Å². The van der Waals surface area contributed by atoms with Crippen LogP contribution in [0, 0.1) is 28.1 Å². The highest BCUT2D eigenvalue weighted by atomic mass is 16.6. The van der Waals surface area contributed by atoms with E-state index in [0.717, 1.165) is 0 Å². The summed E-state index contributed by atoms with van der Waals surface area (Å²) in [4.78, 5) is 40.9. The molecule has 0 aromatic heterocycles. The number of esters is 1. The van der Waals surface area contributed by atoms with Gasteiger partial charge in [0.2, 0.25) is 0 Å². The standard InChI is InChI=1S/C36H51NO10/c1-18-21(46-30(42)27(40)25(20-13-11-10-12-14-20)37-31(43)47-32(3,4)5)16-36(44)19(2)28-34(8)17-45-23(34)15-22(38)35(28,9)29(41)26(39)24(18)33(36,6)7/h10-14,19,21-23,25-28,38-40,44H,15-17H2,1-9H3,(H,37,43)/t19?,21-,22-,23+,25-,26+,27+,28?,34+,35+,36+/m0/s1. The number of hydrogen-bond donors (Lipinski definition) is 5. The number of nitrogens with one attached hydrogen (secondary N) is 1. The van der Waals surface area contributed by atoms with Crippen molar-refractivity contribution in [3.63, 3.8) is 0 Å². The Morgan fingerprint density at radius 1 is 1.09 bits per heavy atom. The van der Waals surface area contributed by atoms with Crippen molar-refractivity contribution in [2.45, 2.75) is 123 Å². The minimum Gasteiger partial charge on any atom is -0.456 e. The summed E-state index contributed by atoms with van der Waals surface area (Å²) in [6.45, 7) is 16.2. The second-order valence-corrected chi connectivity index (χ2v) is 16.1. The van der Waals surface area contributed by atoms with Crippen molar-refractivity contribution in [3.05, 3.63) is 47.0 Å². The summed E-state index contributed by atoms with van der Waals surface area (Å²) in [5.41, 5.74) is -4.49. The Kier molecular flexibility index (Phi) is 8.80. The maximum Gasteiger partial charge on any atom is 0.408 e. The molecule has 260 valence electrons. The smallest absolute Gasteiger partial charge is 0.408 e. The third-order valence-corrected chi connectivity index (χ3v) is 11.9. The summed E-state index contributed by atoms with van der Waals surface area (Å²) in [6, 6.07) is 7.22. The van der Waals surface area contributed by atoms with Crippen LogP contribution in [0.15, 0.2) is 41.5 Å². The molecule has 2 bridgehead atoms. The largest absolute Gasteiger partial charge is 0.456 e. The van der Waals surface area contributed by atoms with E-state index >= 15 is 0 Å². The minimum atomic E-state index is -1.87. The number of amides is 1. The van der Waals surface area contributed by atoms with Gasteiger partial charge in [-0.15, -0.1) is 0 Å². The van der Waals surface area contributed by atoms with E-state index in [2.05, 4.69) is 5.32 Å². The number of alkyl carbamates (subject to hydrolysis) is 1. The number of carbonyl (C=O) groups is 3. The maximum absolute atomic E-state index is 14.4. The van der Waals surface area contributed by atoms with Gasteiger partial charge >= 0.3 is 12.1 Å². The zero-order chi connectivity index (χ0) is 35.1. The lowest BCUT2D eigenvalue weighted by molar-refractivity contribution is -0.302. The fourth-order valence-corrected chi connectivity index (χ4v) is 9.36. The van der Waals surface area contributed by atoms with Gasteiger partial charge in [0.15, 0.2) is 11.9 Å². The molecule has 1 aromatic carbocycles. The van der Waals surface area contributed by atoms with Crippen LogP contribution in [0.5, 0.6) is 0 Å². The first-order valence-corrected chi connectivity index (χ1v) is 16.5. The topological polar surface area (TPSA) is 172 Å². The Bertz CT molecular complexity index is 1450. The van der Waals surface area contributed by atoms with Crippen LogP contribution in [0.25, 0.3) is 0 Å². The Balaban J connectivity index is 1.53. The predicted molar refractivity (Wildman–Crippen MR) is 171 cm³/mol. The number of hydrogen-bond acceptors (Lipinski definition) is 10. The van der Waals surface area contributed by atoms with Gasteiger partial charge in [-0.1, -0.05) is 58.0 Å². The second-order valence-electron chi connectivity index (χ2n) is 16.1. The number of Topliss-reactive ketones (excluding diaryl/α,β-unsaturated/α-hetero) is 1. The monoisotopic (exact) mass is 657 g/mol. The molecule has 1 saturated heterocycles. The molecule has 1 aliphatic heterocycles. The number of benzene rings is 1. The average Bonchev–Trinajstić information content (AvgIpc) is 2.98. The second kappa shape index (κ2) is 11.7. The van der Waals surface area contributed by atoms with Crippen LogP contribution in [-0.2, 0) is 23.8 Å². The molecule has 0 spiro atoms. The van der Waals surface area contributed by atoms with Crippen LogP contribution in [0.4, 0.5) is 4.79 Å². The SMILES string of the molecule is CC1=C2[C@@H](O)C(=O)[C@@]3(C)C(C(C)[C@](O)(C[C@@H]1OC(=O)[C@H](O)[C@@H](NC(=O)OC(C)(C)C)c1ccccc1)C2(C)C)[C@]1(C)CO[C@@H]1C[C@@H]3O. The number of aliphatic hydroxyl groups is 4. The Labute approximate surface area is 276 Å². The molecule has 1 amide bonds. The highest BCUT2D eigenvalue weighted by Gasteiger charge is 2.72. The van der Waals surface area contributed by atoms with Crippen molar-refractivity contribution >= 4 is 17.8 Å². The Morgan fingerprint density at radius 2 is 1.70 bits per heavy atom. The number of ether oxygens (including phenoxy) is 3. The van der Waals surface area contributed by atoms with Crippen LogP contribution in [0.2, 0.25) is 0 Å². The van der Waals surface area contributed by atoms with E-state index in [1.807, 2.05) is 13.8 Å². The van der Waals surface area contributed by atoms with Gasteiger partial charge in [-0.05, 0) is 63.2 Å². The number of fused-ring (bicyclic) bond motifs is 5. The number of aliphatic hydroxyl groups excluding tert-OH is 3. The van der Waals surface area contributed by atoms with Crippen molar-refractivity contribution in [1.82, 2.24) is 5.32 Å². The number of ketones is 1. The van der Waals surface area contributed by atoms with Gasteiger partial charge in [0.05, 0.1) is 35.9 Å². The molecule has 1 aromatic rings. The van der Waals surface area contributed by atoms with Gasteiger partial charge in [0.1, 0.15) is 17.8 Å². The normalized spacial score (nSPS) is 39.2. The summed E-state index contributed by atoms with van der Waals surface area (Å²) in [5.74, 6) is -2.81. The molecule has 4 aliphatic rings. The number of rotatable bonds is 5. The van der Waals surface area contributed by atoms with E-state index in [-0.39, 0.29) is 24.5 Å². The predicted octanol–water partition coefficient (Wildman–Crippen LogP) is 3.37. The van der Waals surface area contributed by atoms with Crippen LogP contribution >= 0.6 is 0 Å². The van der Waals surface area contributed by atoms with Crippen LogP contribution in [-0.4, -0.2) is 86.6 Å². The summed E-state index contributed by atoms with van der Waals surface area (Å²) in [6.07, 6.45) is -6.78. The highest BCUT2D eigenvalue weighted by Crippen LogP contribution is 2.66. The molecule has 47 heavy (non-hydrogen) atoms. The van der Waals surface area contributed by atoms with Crippen molar-refractivity contribution in [2.24, 2.45) is 28.1 Å². The molecule has 11 atom stereocenters. The van der Waals surface area contributed by atoms with Crippen molar-refractivity contribution in [1.29, 1.82) is 0 Å². The molecule has 0 radical (unpaired) electrons. The van der Waals surface area contributed by atoms with Crippen molar-refractivity contribution in [2.75, 3.05) is 6.61 Å². The fraction of sp³-hybridized carbons (Fsp3) is 0.694. The lowest BCUT2D eigenvalue weighted by atomic mass is 9.40. The van der Waals surface area contributed by atoms with E-state index < -0.39 is 87.6 Å². The van der Waals surface area contributed by atoms with Crippen LogP contribution in [0.3, 0.4) is 0 Å². The molecule has 2 unspecified atom stereocenters.